The molecule has 2 aromatic heterocycles. The van der Waals surface area contributed by atoms with Crippen LogP contribution in [0.2, 0.25) is 0 Å². The number of allylic oxidation sites excluding steroid dienone is 1. The summed E-state index contributed by atoms with van der Waals surface area (Å²) >= 11 is 0. The zero-order valence-electron chi connectivity index (χ0n) is 17.2. The molecule has 0 spiro atoms. The van der Waals surface area contributed by atoms with E-state index in [1.807, 2.05) is 6.08 Å². The molecule has 2 aliphatic heterocycles. The van der Waals surface area contributed by atoms with Crippen LogP contribution in [0.3, 0.4) is 0 Å². The highest BCUT2D eigenvalue weighted by Crippen LogP contribution is 2.45. The number of halogens is 5. The maximum absolute atomic E-state index is 13.6. The zero-order chi connectivity index (χ0) is 22.8. The van der Waals surface area contributed by atoms with Crippen LogP contribution < -0.4 is 5.43 Å². The fraction of sp³-hybridized carbons (Fsp3) is 0.524. The molecule has 4 heterocycles. The molecule has 32 heavy (non-hydrogen) atoms. The van der Waals surface area contributed by atoms with E-state index < -0.39 is 29.7 Å². The third-order valence-corrected chi connectivity index (χ3v) is 6.62. The SMILES string of the molecule is CN1CCC(C2=CC(c3cnc4[nH]cc(C(F)(F)F)c4c3)NN2C2CC(F)(F)C2)CC1=O. The molecule has 2 N–H and O–H groups in total. The lowest BCUT2D eigenvalue weighted by Gasteiger charge is -2.45. The molecule has 2 fully saturated rings. The van der Waals surface area contributed by atoms with Crippen LogP contribution in [-0.2, 0) is 11.0 Å². The number of carbonyl (C=O) groups excluding carboxylic acids is 1. The van der Waals surface area contributed by atoms with Crippen molar-refractivity contribution in [1.29, 1.82) is 0 Å². The first-order valence-corrected chi connectivity index (χ1v) is 10.4. The van der Waals surface area contributed by atoms with E-state index in [9.17, 15) is 26.7 Å². The van der Waals surface area contributed by atoms with Crippen molar-refractivity contribution in [3.63, 3.8) is 0 Å². The van der Waals surface area contributed by atoms with Gasteiger partial charge < -0.3 is 14.9 Å². The lowest BCUT2D eigenvalue weighted by Crippen LogP contribution is -2.54. The second kappa shape index (κ2) is 7.16. The Labute approximate surface area is 180 Å². The molecule has 0 aromatic carbocycles. The second-order valence-corrected chi connectivity index (χ2v) is 8.86. The minimum atomic E-state index is -4.53. The minimum absolute atomic E-state index is 0.0188. The van der Waals surface area contributed by atoms with E-state index in [1.54, 1.807) is 17.0 Å². The van der Waals surface area contributed by atoms with Gasteiger partial charge in [0.1, 0.15) is 5.65 Å². The highest BCUT2D eigenvalue weighted by atomic mass is 19.4. The van der Waals surface area contributed by atoms with E-state index in [4.69, 9.17) is 0 Å². The molecule has 0 bridgehead atoms. The van der Waals surface area contributed by atoms with Gasteiger partial charge in [-0.25, -0.2) is 19.2 Å². The van der Waals surface area contributed by atoms with E-state index in [2.05, 4.69) is 15.4 Å². The number of pyridine rings is 1. The number of carbonyl (C=O) groups is 1. The predicted molar refractivity (Wildman–Crippen MR) is 105 cm³/mol. The van der Waals surface area contributed by atoms with Gasteiger partial charge in [-0.1, -0.05) is 0 Å². The number of hydrogen-bond acceptors (Lipinski definition) is 4. The Hall–Kier alpha value is -2.69. The average Bonchev–Trinajstić information content (AvgIpc) is 3.31. The second-order valence-electron chi connectivity index (χ2n) is 8.86. The number of alkyl halides is 5. The number of fused-ring (bicyclic) bond motifs is 1. The van der Waals surface area contributed by atoms with Crippen LogP contribution in [0.25, 0.3) is 11.0 Å². The molecule has 5 rings (SSSR count). The number of piperidine rings is 1. The monoisotopic (exact) mass is 455 g/mol. The Bertz CT molecular complexity index is 1090. The number of hydrazine groups is 1. The molecule has 1 saturated carbocycles. The predicted octanol–water partition coefficient (Wildman–Crippen LogP) is 3.99. The van der Waals surface area contributed by atoms with Gasteiger partial charge in [0.2, 0.25) is 5.91 Å². The molecule has 0 radical (unpaired) electrons. The quantitative estimate of drug-likeness (QED) is 0.687. The normalized spacial score (nSPS) is 26.6. The van der Waals surface area contributed by atoms with Gasteiger partial charge in [0.25, 0.3) is 5.92 Å². The van der Waals surface area contributed by atoms with Crippen LogP contribution in [0.15, 0.2) is 30.2 Å². The maximum Gasteiger partial charge on any atom is 0.418 e. The summed E-state index contributed by atoms with van der Waals surface area (Å²) in [4.78, 5) is 20.5. The van der Waals surface area contributed by atoms with Crippen molar-refractivity contribution in [2.75, 3.05) is 13.6 Å². The maximum atomic E-state index is 13.6. The van der Waals surface area contributed by atoms with Crippen LogP contribution in [0.1, 0.15) is 42.9 Å². The molecular formula is C21H22F5N5O. The summed E-state index contributed by atoms with van der Waals surface area (Å²) in [5.74, 6) is -2.89. The highest BCUT2D eigenvalue weighted by molar-refractivity contribution is 5.81. The molecule has 2 atom stereocenters. The summed E-state index contributed by atoms with van der Waals surface area (Å²) in [6.07, 6.45) is 0.0132. The van der Waals surface area contributed by atoms with Crippen LogP contribution in [0.4, 0.5) is 22.0 Å². The minimum Gasteiger partial charge on any atom is -0.346 e. The topological polar surface area (TPSA) is 64.3 Å². The van der Waals surface area contributed by atoms with Gasteiger partial charge in [0.05, 0.1) is 17.6 Å². The van der Waals surface area contributed by atoms with Gasteiger partial charge in [-0.2, -0.15) is 13.2 Å². The van der Waals surface area contributed by atoms with Crippen LogP contribution in [0.5, 0.6) is 0 Å². The van der Waals surface area contributed by atoms with Gasteiger partial charge in [0.15, 0.2) is 0 Å². The lowest BCUT2D eigenvalue weighted by atomic mass is 9.85. The number of amides is 1. The van der Waals surface area contributed by atoms with Crippen LogP contribution in [0, 0.1) is 5.92 Å². The first-order chi connectivity index (χ1) is 15.0. The highest BCUT2D eigenvalue weighted by Gasteiger charge is 2.51. The first kappa shape index (κ1) is 21.2. The van der Waals surface area contributed by atoms with Crippen molar-refractivity contribution < 1.29 is 26.7 Å². The number of H-pyrrole nitrogens is 1. The van der Waals surface area contributed by atoms with Crippen molar-refractivity contribution in [2.45, 2.75) is 49.9 Å². The van der Waals surface area contributed by atoms with Crippen molar-refractivity contribution in [2.24, 2.45) is 5.92 Å². The van der Waals surface area contributed by atoms with E-state index in [-0.39, 0.29) is 42.1 Å². The van der Waals surface area contributed by atoms with Crippen molar-refractivity contribution in [1.82, 2.24) is 25.3 Å². The van der Waals surface area contributed by atoms with E-state index >= 15 is 0 Å². The van der Waals surface area contributed by atoms with Gasteiger partial charge in [-0.3, -0.25) is 4.79 Å². The third kappa shape index (κ3) is 3.62. The third-order valence-electron chi connectivity index (χ3n) is 6.62. The Morgan fingerprint density at radius 1 is 1.25 bits per heavy atom. The van der Waals surface area contributed by atoms with Gasteiger partial charge in [-0.05, 0) is 24.1 Å². The largest absolute Gasteiger partial charge is 0.418 e. The first-order valence-electron chi connectivity index (χ1n) is 10.4. The van der Waals surface area contributed by atoms with Gasteiger partial charge in [-0.15, -0.1) is 0 Å². The molecule has 3 aliphatic rings. The zero-order valence-corrected chi connectivity index (χ0v) is 17.2. The molecule has 11 heteroatoms. The Kier molecular flexibility index (Phi) is 4.74. The summed E-state index contributed by atoms with van der Waals surface area (Å²) in [5.41, 5.74) is 3.75. The molecule has 172 valence electrons. The molecule has 1 saturated heterocycles. The van der Waals surface area contributed by atoms with Crippen LogP contribution in [-0.4, -0.2) is 51.3 Å². The van der Waals surface area contributed by atoms with E-state index in [1.165, 1.54) is 12.3 Å². The number of nitrogens with one attached hydrogen (secondary N) is 2. The Morgan fingerprint density at radius 2 is 2.00 bits per heavy atom. The Balaban J connectivity index is 1.47. The average molecular weight is 455 g/mol. The molecule has 6 nitrogen and oxygen atoms in total. The number of nitrogens with zero attached hydrogens (tertiary/aromatic N) is 3. The lowest BCUT2D eigenvalue weighted by molar-refractivity contribution is -0.136. The number of aromatic amines is 1. The van der Waals surface area contributed by atoms with Crippen molar-refractivity contribution in [3.8, 4) is 0 Å². The number of aromatic nitrogens is 2. The van der Waals surface area contributed by atoms with E-state index in [0.717, 1.165) is 11.9 Å². The summed E-state index contributed by atoms with van der Waals surface area (Å²) < 4.78 is 67.2. The summed E-state index contributed by atoms with van der Waals surface area (Å²) in [7, 11) is 1.73. The smallest absolute Gasteiger partial charge is 0.346 e. The van der Waals surface area contributed by atoms with E-state index in [0.29, 0.717) is 18.5 Å². The van der Waals surface area contributed by atoms with Crippen molar-refractivity contribution >= 4 is 16.9 Å². The standard InChI is InChI=1S/C21H22F5N5O/c1-30-3-2-11(5-18(30)32)17-6-16(29-31(17)13-7-20(22,23)8-13)12-4-14-15(21(24,25)26)10-28-19(14)27-9-12/h4,6,9-11,13,16,29H,2-3,5,7-8H2,1H3,(H,27,28). The summed E-state index contributed by atoms with van der Waals surface area (Å²) in [6.45, 7) is 0.561. The molecular weight excluding hydrogens is 433 g/mol. The molecule has 2 aromatic rings. The van der Waals surface area contributed by atoms with Gasteiger partial charge >= 0.3 is 6.18 Å². The van der Waals surface area contributed by atoms with Gasteiger partial charge in [0, 0.05) is 62.2 Å². The number of rotatable bonds is 3. The molecule has 2 unspecified atom stereocenters. The summed E-state index contributed by atoms with van der Waals surface area (Å²) in [6, 6.07) is 0.458. The van der Waals surface area contributed by atoms with Crippen LogP contribution >= 0.6 is 0 Å². The molecule has 1 aliphatic carbocycles. The summed E-state index contributed by atoms with van der Waals surface area (Å²) in [5, 5.41) is 1.66. The fourth-order valence-electron chi connectivity index (χ4n) is 4.76. The van der Waals surface area contributed by atoms with Crippen molar-refractivity contribution in [3.05, 3.63) is 41.4 Å². The molecule has 1 amide bonds. The Morgan fingerprint density at radius 3 is 2.66 bits per heavy atom. The fourth-order valence-corrected chi connectivity index (χ4v) is 4.76. The number of likely N-dealkylation sites (tertiary alicyclic amines) is 1. The number of hydrogen-bond donors (Lipinski definition) is 2.